The molecule has 3 N–H and O–H groups in total. The van der Waals surface area contributed by atoms with Gasteiger partial charge in [0.15, 0.2) is 12.4 Å². The number of anilines is 1. The normalized spacial score (nSPS) is 14.6. The summed E-state index contributed by atoms with van der Waals surface area (Å²) in [5, 5.41) is 14.1. The van der Waals surface area contributed by atoms with E-state index in [0.29, 0.717) is 17.0 Å². The molecule has 0 saturated heterocycles. The Bertz CT molecular complexity index is 585. The Balaban J connectivity index is 2.16. The molecule has 1 aliphatic heterocycles. The number of benzene rings is 1. The van der Waals surface area contributed by atoms with Crippen LogP contribution in [0.3, 0.4) is 0 Å². The maximum Gasteiger partial charge on any atom is 0.303 e. The Labute approximate surface area is 121 Å². The van der Waals surface area contributed by atoms with Crippen molar-refractivity contribution in [3.05, 3.63) is 23.8 Å². The molecule has 1 aromatic rings. The third-order valence-corrected chi connectivity index (χ3v) is 3.21. The maximum absolute atomic E-state index is 12.3. The predicted molar refractivity (Wildman–Crippen MR) is 74.6 cm³/mol. The molecule has 1 aromatic carbocycles. The van der Waals surface area contributed by atoms with Gasteiger partial charge in [0.1, 0.15) is 5.75 Å². The SMILES string of the molecule is CNC(CCC(=O)O)C(=O)c1ccc2c(c1)NC(=O)CO2. The summed E-state index contributed by atoms with van der Waals surface area (Å²) in [6.45, 7) is -0.0436. The number of hydrogen-bond donors (Lipinski definition) is 3. The molecule has 0 aromatic heterocycles. The predicted octanol–water partition coefficient (Wildman–Crippen LogP) is 0.653. The van der Waals surface area contributed by atoms with Gasteiger partial charge in [-0.05, 0) is 31.7 Å². The fourth-order valence-corrected chi connectivity index (χ4v) is 2.11. The summed E-state index contributed by atoms with van der Waals surface area (Å²) in [6.07, 6.45) is 0.104. The second-order valence-corrected chi connectivity index (χ2v) is 4.69. The van der Waals surface area contributed by atoms with Gasteiger partial charge in [0.05, 0.1) is 11.7 Å². The summed E-state index contributed by atoms with van der Waals surface area (Å²) in [5.41, 5.74) is 0.842. The van der Waals surface area contributed by atoms with Crippen molar-refractivity contribution in [2.75, 3.05) is 19.0 Å². The molecule has 0 bridgehead atoms. The van der Waals surface area contributed by atoms with Gasteiger partial charge in [-0.2, -0.15) is 0 Å². The molecule has 0 radical (unpaired) electrons. The molecule has 1 amide bonds. The van der Waals surface area contributed by atoms with Gasteiger partial charge in [-0.25, -0.2) is 0 Å². The van der Waals surface area contributed by atoms with Crippen molar-refractivity contribution >= 4 is 23.3 Å². The van der Waals surface area contributed by atoms with Gasteiger partial charge in [-0.3, -0.25) is 14.4 Å². The first-order chi connectivity index (χ1) is 10.0. The van der Waals surface area contributed by atoms with Crippen LogP contribution in [0.25, 0.3) is 0 Å². The molecule has 7 nitrogen and oxygen atoms in total. The molecule has 1 unspecified atom stereocenters. The lowest BCUT2D eigenvalue weighted by Crippen LogP contribution is -2.34. The van der Waals surface area contributed by atoms with E-state index in [1.54, 1.807) is 25.2 Å². The van der Waals surface area contributed by atoms with Crippen LogP contribution in [0, 0.1) is 0 Å². The van der Waals surface area contributed by atoms with Crippen LogP contribution in [-0.4, -0.2) is 42.5 Å². The molecule has 1 heterocycles. The van der Waals surface area contributed by atoms with Gasteiger partial charge < -0.3 is 20.5 Å². The third kappa shape index (κ3) is 3.57. The molecule has 7 heteroatoms. The Morgan fingerprint density at radius 1 is 1.48 bits per heavy atom. The zero-order chi connectivity index (χ0) is 15.4. The number of carbonyl (C=O) groups is 3. The number of ketones is 1. The molecule has 1 atom stereocenters. The quantitative estimate of drug-likeness (QED) is 0.665. The number of rotatable bonds is 6. The number of aliphatic carboxylic acids is 1. The molecule has 0 fully saturated rings. The van der Waals surface area contributed by atoms with Gasteiger partial charge in [-0.15, -0.1) is 0 Å². The van der Waals surface area contributed by atoms with Crippen LogP contribution in [0.4, 0.5) is 5.69 Å². The number of carbonyl (C=O) groups excluding carboxylic acids is 2. The van der Waals surface area contributed by atoms with E-state index >= 15 is 0 Å². The van der Waals surface area contributed by atoms with Gasteiger partial charge in [-0.1, -0.05) is 0 Å². The largest absolute Gasteiger partial charge is 0.482 e. The first kappa shape index (κ1) is 15.0. The van der Waals surface area contributed by atoms with Crippen LogP contribution in [0.2, 0.25) is 0 Å². The minimum Gasteiger partial charge on any atom is -0.482 e. The van der Waals surface area contributed by atoms with Crippen molar-refractivity contribution in [2.24, 2.45) is 0 Å². The third-order valence-electron chi connectivity index (χ3n) is 3.21. The smallest absolute Gasteiger partial charge is 0.303 e. The van der Waals surface area contributed by atoms with Gasteiger partial charge >= 0.3 is 5.97 Å². The number of likely N-dealkylation sites (N-methyl/N-ethyl adjacent to an activating group) is 1. The van der Waals surface area contributed by atoms with Crippen LogP contribution in [0.1, 0.15) is 23.2 Å². The second kappa shape index (κ2) is 6.36. The fourth-order valence-electron chi connectivity index (χ4n) is 2.11. The highest BCUT2D eigenvalue weighted by atomic mass is 16.5. The summed E-state index contributed by atoms with van der Waals surface area (Å²) < 4.78 is 5.22. The van der Waals surface area contributed by atoms with Crippen LogP contribution in [-0.2, 0) is 9.59 Å². The number of amides is 1. The van der Waals surface area contributed by atoms with Crippen molar-refractivity contribution in [3.8, 4) is 5.75 Å². The van der Waals surface area contributed by atoms with E-state index in [1.165, 1.54) is 0 Å². The Kier molecular flexibility index (Phi) is 4.54. The van der Waals surface area contributed by atoms with Crippen LogP contribution >= 0.6 is 0 Å². The Morgan fingerprint density at radius 3 is 2.90 bits per heavy atom. The molecule has 112 valence electrons. The summed E-state index contributed by atoms with van der Waals surface area (Å²) in [4.78, 5) is 34.2. The highest BCUT2D eigenvalue weighted by Gasteiger charge is 2.22. The van der Waals surface area contributed by atoms with Gasteiger partial charge in [0, 0.05) is 12.0 Å². The van der Waals surface area contributed by atoms with E-state index in [0.717, 1.165) is 0 Å². The zero-order valence-corrected chi connectivity index (χ0v) is 11.5. The van der Waals surface area contributed by atoms with E-state index in [-0.39, 0.29) is 31.1 Å². The fraction of sp³-hybridized carbons (Fsp3) is 0.357. The standard InChI is InChI=1S/C14H16N2O5/c1-15-9(3-5-13(18)19)14(20)8-2-4-11-10(6-8)16-12(17)7-21-11/h2,4,6,9,15H,3,5,7H2,1H3,(H,16,17)(H,18,19). The average molecular weight is 292 g/mol. The summed E-state index contributed by atoms with van der Waals surface area (Å²) in [6, 6.07) is 4.18. The van der Waals surface area contributed by atoms with Crippen molar-refractivity contribution in [2.45, 2.75) is 18.9 Å². The average Bonchev–Trinajstić information content (AvgIpc) is 2.46. The molecule has 0 spiro atoms. The van der Waals surface area contributed by atoms with Crippen molar-refractivity contribution in [3.63, 3.8) is 0 Å². The van der Waals surface area contributed by atoms with Crippen molar-refractivity contribution in [1.29, 1.82) is 0 Å². The van der Waals surface area contributed by atoms with Crippen molar-refractivity contribution < 1.29 is 24.2 Å². The van der Waals surface area contributed by atoms with Crippen LogP contribution < -0.4 is 15.4 Å². The molecular formula is C14H16N2O5. The summed E-state index contributed by atoms with van der Waals surface area (Å²) in [5.74, 6) is -0.934. The van der Waals surface area contributed by atoms with E-state index in [4.69, 9.17) is 9.84 Å². The highest BCUT2D eigenvalue weighted by Crippen LogP contribution is 2.29. The summed E-state index contributed by atoms with van der Waals surface area (Å²) in [7, 11) is 1.60. The van der Waals surface area contributed by atoms with Gasteiger partial charge in [0.25, 0.3) is 5.91 Å². The van der Waals surface area contributed by atoms with Crippen molar-refractivity contribution in [1.82, 2.24) is 5.32 Å². The van der Waals surface area contributed by atoms with E-state index < -0.39 is 12.0 Å². The molecular weight excluding hydrogens is 276 g/mol. The topological polar surface area (TPSA) is 105 Å². The Hall–Kier alpha value is -2.41. The number of fused-ring (bicyclic) bond motifs is 1. The van der Waals surface area contributed by atoms with E-state index in [9.17, 15) is 14.4 Å². The first-order valence-corrected chi connectivity index (χ1v) is 6.51. The lowest BCUT2D eigenvalue weighted by Gasteiger charge is -2.19. The number of Topliss-reactive ketones (excluding diaryl/α,β-unsaturated/α-hetero) is 1. The Morgan fingerprint density at radius 2 is 2.24 bits per heavy atom. The molecule has 0 saturated carbocycles. The zero-order valence-electron chi connectivity index (χ0n) is 11.5. The number of ether oxygens (including phenoxy) is 1. The van der Waals surface area contributed by atoms with E-state index in [1.807, 2.05) is 0 Å². The molecule has 1 aliphatic rings. The monoisotopic (exact) mass is 292 g/mol. The highest BCUT2D eigenvalue weighted by molar-refractivity contribution is 6.03. The number of carboxylic acids is 1. The number of hydrogen-bond acceptors (Lipinski definition) is 5. The minimum atomic E-state index is -0.950. The molecule has 2 rings (SSSR count). The van der Waals surface area contributed by atoms with E-state index in [2.05, 4.69) is 10.6 Å². The second-order valence-electron chi connectivity index (χ2n) is 4.69. The minimum absolute atomic E-state index is 0.0436. The molecule has 21 heavy (non-hydrogen) atoms. The first-order valence-electron chi connectivity index (χ1n) is 6.51. The maximum atomic E-state index is 12.3. The van der Waals surface area contributed by atoms with Gasteiger partial charge in [0.2, 0.25) is 0 Å². The molecule has 0 aliphatic carbocycles. The van der Waals surface area contributed by atoms with Crippen LogP contribution in [0.15, 0.2) is 18.2 Å². The number of nitrogens with one attached hydrogen (secondary N) is 2. The summed E-state index contributed by atoms with van der Waals surface area (Å²) >= 11 is 0. The number of carboxylic acid groups (broad SMARTS) is 1. The lowest BCUT2D eigenvalue weighted by molar-refractivity contribution is -0.137. The lowest BCUT2D eigenvalue weighted by atomic mass is 9.99. The van der Waals surface area contributed by atoms with Crippen LogP contribution in [0.5, 0.6) is 5.75 Å².